The Balaban J connectivity index is 1.75. The lowest BCUT2D eigenvalue weighted by atomic mass is 9.79. The zero-order valence-electron chi connectivity index (χ0n) is 17.1. The molecule has 0 bridgehead atoms. The zero-order chi connectivity index (χ0) is 20.7. The molecule has 4 N–H and O–H groups in total. The third-order valence-corrected chi connectivity index (χ3v) is 6.11. The average molecular weight is 400 g/mol. The lowest BCUT2D eigenvalue weighted by Crippen LogP contribution is -2.62. The first-order valence-electron chi connectivity index (χ1n) is 9.43. The number of nitrogens with one attached hydrogen (secondary N) is 3. The number of amidine groups is 1. The number of aromatic hydroxyl groups is 1. The number of piperidine rings is 1. The number of fused-ring (bicyclic) bond motifs is 1. The maximum Gasteiger partial charge on any atom is 0.162 e. The fourth-order valence-electron chi connectivity index (χ4n) is 4.22. The Kier molecular flexibility index (Phi) is 5.42. The van der Waals surface area contributed by atoms with E-state index < -0.39 is 0 Å². The molecule has 0 spiro atoms. The van der Waals surface area contributed by atoms with Gasteiger partial charge < -0.3 is 15.3 Å². The van der Waals surface area contributed by atoms with Crippen molar-refractivity contribution >= 4 is 32.9 Å². The molecule has 0 saturated carbocycles. The number of thioether (sulfide) groups is 1. The second-order valence-corrected chi connectivity index (χ2v) is 9.87. The van der Waals surface area contributed by atoms with Gasteiger partial charge >= 0.3 is 0 Å². The number of rotatable bonds is 2. The third-order valence-electron chi connectivity index (χ3n) is 5.20. The van der Waals surface area contributed by atoms with Crippen molar-refractivity contribution in [2.75, 3.05) is 7.05 Å². The topological polar surface area (TPSA) is 96.1 Å². The van der Waals surface area contributed by atoms with Gasteiger partial charge in [0.2, 0.25) is 0 Å². The van der Waals surface area contributed by atoms with E-state index in [4.69, 9.17) is 10.8 Å². The number of aromatic nitrogens is 1. The van der Waals surface area contributed by atoms with Crippen LogP contribution in [-0.4, -0.2) is 49.4 Å². The summed E-state index contributed by atoms with van der Waals surface area (Å²) in [6.07, 6.45) is 3.53. The van der Waals surface area contributed by atoms with Crippen molar-refractivity contribution < 1.29 is 5.11 Å². The van der Waals surface area contributed by atoms with Crippen molar-refractivity contribution in [3.8, 4) is 5.75 Å². The summed E-state index contributed by atoms with van der Waals surface area (Å²) < 4.78 is 0. The Bertz CT molecular complexity index is 908. The van der Waals surface area contributed by atoms with Crippen LogP contribution in [0.2, 0.25) is 0 Å². The summed E-state index contributed by atoms with van der Waals surface area (Å²) in [5, 5.41) is 32.3. The number of pyridine rings is 1. The highest BCUT2D eigenvalue weighted by molar-refractivity contribution is 8.26. The van der Waals surface area contributed by atoms with Crippen molar-refractivity contribution in [1.82, 2.24) is 15.2 Å². The zero-order valence-corrected chi connectivity index (χ0v) is 17.9. The first-order valence-corrected chi connectivity index (χ1v) is 10.2. The summed E-state index contributed by atoms with van der Waals surface area (Å²) >= 11 is 1.07. The molecular formula is C21H29N5OS. The van der Waals surface area contributed by atoms with E-state index in [-0.39, 0.29) is 27.9 Å². The van der Waals surface area contributed by atoms with E-state index in [1.54, 1.807) is 18.3 Å². The molecular weight excluding hydrogens is 370 g/mol. The van der Waals surface area contributed by atoms with Crippen molar-refractivity contribution in [3.05, 3.63) is 36.0 Å². The predicted octanol–water partition coefficient (Wildman–Crippen LogP) is 4.17. The van der Waals surface area contributed by atoms with Gasteiger partial charge in [-0.25, -0.2) is 0 Å². The minimum atomic E-state index is -0.0112. The molecule has 1 saturated heterocycles. The molecule has 0 atom stereocenters. The van der Waals surface area contributed by atoms with E-state index in [0.717, 1.165) is 30.0 Å². The molecule has 28 heavy (non-hydrogen) atoms. The molecule has 1 aromatic carbocycles. The molecule has 0 radical (unpaired) electrons. The number of hydrogen-bond acceptors (Lipinski definition) is 6. The summed E-state index contributed by atoms with van der Waals surface area (Å²) in [7, 11) is 1.93. The summed E-state index contributed by atoms with van der Waals surface area (Å²) in [4.78, 5) is 6.19. The van der Waals surface area contributed by atoms with Gasteiger partial charge in [-0.05, 0) is 64.4 Å². The van der Waals surface area contributed by atoms with Crippen LogP contribution < -0.4 is 5.32 Å². The van der Waals surface area contributed by atoms with Gasteiger partial charge in [-0.1, -0.05) is 6.07 Å². The Morgan fingerprint density at radius 3 is 2.50 bits per heavy atom. The fraction of sp³-hybridized carbons (Fsp3) is 0.476. The highest BCUT2D eigenvalue weighted by atomic mass is 32.2. The van der Waals surface area contributed by atoms with Crippen LogP contribution in [0, 0.1) is 10.8 Å². The third kappa shape index (κ3) is 4.47. The Hall–Kier alpha value is -2.12. The molecule has 1 fully saturated rings. The molecule has 2 heterocycles. The van der Waals surface area contributed by atoms with Crippen LogP contribution in [0.15, 0.2) is 30.5 Å². The molecule has 1 aliphatic rings. The van der Waals surface area contributed by atoms with Crippen LogP contribution in [0.5, 0.6) is 5.75 Å². The molecule has 6 nitrogen and oxygen atoms in total. The van der Waals surface area contributed by atoms with Crippen molar-refractivity contribution in [1.29, 1.82) is 10.8 Å². The quantitative estimate of drug-likeness (QED) is 0.449. The summed E-state index contributed by atoms with van der Waals surface area (Å²) in [6, 6.07) is 7.28. The second-order valence-electron chi connectivity index (χ2n) is 8.87. The molecule has 0 aliphatic carbocycles. The van der Waals surface area contributed by atoms with Gasteiger partial charge in [0.05, 0.1) is 5.52 Å². The van der Waals surface area contributed by atoms with Crippen molar-refractivity contribution in [2.45, 2.75) is 57.7 Å². The van der Waals surface area contributed by atoms with Gasteiger partial charge in [0, 0.05) is 47.4 Å². The monoisotopic (exact) mass is 399 g/mol. The molecule has 0 amide bonds. The van der Waals surface area contributed by atoms with Crippen molar-refractivity contribution in [2.24, 2.45) is 0 Å². The Morgan fingerprint density at radius 2 is 1.86 bits per heavy atom. The maximum absolute atomic E-state index is 10.3. The first kappa shape index (κ1) is 20.6. The largest absolute Gasteiger partial charge is 0.507 e. The van der Waals surface area contributed by atoms with Gasteiger partial charge in [-0.3, -0.25) is 15.8 Å². The minimum absolute atomic E-state index is 0.0112. The second kappa shape index (κ2) is 7.37. The van der Waals surface area contributed by atoms with E-state index in [2.05, 4.69) is 38.0 Å². The molecule has 7 heteroatoms. The van der Waals surface area contributed by atoms with Crippen LogP contribution >= 0.6 is 11.8 Å². The molecule has 3 rings (SSSR count). The average Bonchev–Trinajstić information content (AvgIpc) is 2.57. The highest BCUT2D eigenvalue weighted by Gasteiger charge is 2.39. The Morgan fingerprint density at radius 1 is 1.21 bits per heavy atom. The van der Waals surface area contributed by atoms with Crippen LogP contribution in [0.25, 0.3) is 10.9 Å². The van der Waals surface area contributed by atoms with E-state index in [1.807, 2.05) is 24.1 Å². The molecule has 1 aromatic heterocycles. The summed E-state index contributed by atoms with van der Waals surface area (Å²) in [5.74, 6) is 0.0169. The van der Waals surface area contributed by atoms with E-state index >= 15 is 0 Å². The fourth-order valence-corrected chi connectivity index (χ4v) is 4.98. The first-order chi connectivity index (χ1) is 13.0. The van der Waals surface area contributed by atoms with Crippen LogP contribution in [0.4, 0.5) is 0 Å². The number of phenolic OH excluding ortho intramolecular Hbond substituents is 1. The summed E-state index contributed by atoms with van der Waals surface area (Å²) in [6.45, 7) is 8.76. The maximum atomic E-state index is 10.3. The van der Waals surface area contributed by atoms with Crippen LogP contribution in [0.1, 0.15) is 46.1 Å². The smallest absolute Gasteiger partial charge is 0.162 e. The lowest BCUT2D eigenvalue weighted by molar-refractivity contribution is 0.114. The number of nitrogens with zero attached hydrogens (tertiary/aromatic N) is 2. The van der Waals surface area contributed by atoms with Crippen LogP contribution in [-0.2, 0) is 0 Å². The number of phenols is 1. The number of hydrogen-bond donors (Lipinski definition) is 4. The molecule has 1 aliphatic heterocycles. The normalized spacial score (nSPS) is 18.8. The minimum Gasteiger partial charge on any atom is -0.507 e. The Labute approximate surface area is 170 Å². The lowest BCUT2D eigenvalue weighted by Gasteiger charge is -2.49. The summed E-state index contributed by atoms with van der Waals surface area (Å²) in [5.41, 5.74) is 1.09. The van der Waals surface area contributed by atoms with Crippen molar-refractivity contribution in [3.63, 3.8) is 0 Å². The van der Waals surface area contributed by atoms with Crippen LogP contribution in [0.3, 0.4) is 0 Å². The number of benzene rings is 1. The predicted molar refractivity (Wildman–Crippen MR) is 118 cm³/mol. The van der Waals surface area contributed by atoms with E-state index in [0.29, 0.717) is 16.2 Å². The van der Waals surface area contributed by atoms with Gasteiger partial charge in [-0.2, -0.15) is 0 Å². The molecule has 2 aromatic rings. The SMILES string of the molecule is CN(C(=N)SC(=N)c1cc2cccnc2cc1O)C1CC(C)(C)NC(C)(C)C1. The van der Waals surface area contributed by atoms with E-state index in [1.165, 1.54) is 0 Å². The van der Waals surface area contributed by atoms with E-state index in [9.17, 15) is 5.11 Å². The standard InChI is InChI=1S/C21H29N5OS/c1-20(2)11-14(12-21(3,4)25-20)26(5)19(23)28-18(22)15-9-13-7-6-8-24-16(13)10-17(15)27/h6-10,14,22-23,25,27H,11-12H2,1-5H3. The van der Waals surface area contributed by atoms with Gasteiger partial charge in [0.15, 0.2) is 5.17 Å². The highest BCUT2D eigenvalue weighted by Crippen LogP contribution is 2.33. The van der Waals surface area contributed by atoms with Gasteiger partial charge in [0.1, 0.15) is 10.8 Å². The molecule has 150 valence electrons. The van der Waals surface area contributed by atoms with Gasteiger partial charge in [0.25, 0.3) is 0 Å². The molecule has 0 unspecified atom stereocenters. The van der Waals surface area contributed by atoms with Gasteiger partial charge in [-0.15, -0.1) is 0 Å².